The largest absolute Gasteiger partial charge is 0.637 e. The Bertz CT molecular complexity index is 34.3. The Morgan fingerprint density at radius 3 is 1.25 bits per heavy atom. The van der Waals surface area contributed by atoms with Crippen LogP contribution in [-0.4, -0.2) is 16.4 Å². The predicted octanol–water partition coefficient (Wildman–Crippen LogP) is -0.728. The van der Waals surface area contributed by atoms with Crippen molar-refractivity contribution in [1.82, 2.24) is 12.3 Å². The van der Waals surface area contributed by atoms with Crippen LogP contribution in [-0.2, 0) is 0 Å². The summed E-state index contributed by atoms with van der Waals surface area (Å²) in [6, 6.07) is 0. The van der Waals surface area contributed by atoms with Gasteiger partial charge in [-0.25, -0.2) is 4.79 Å². The second kappa shape index (κ2) is 35.8. The van der Waals surface area contributed by atoms with Crippen LogP contribution in [0, 0.1) is 5.21 Å². The van der Waals surface area contributed by atoms with Gasteiger partial charge in [0.2, 0.25) is 0 Å². The number of quaternary nitrogens is 1. The summed E-state index contributed by atoms with van der Waals surface area (Å²) in [5.41, 5.74) is 0. The Balaban J connectivity index is -0.0000000183. The maximum atomic E-state index is 8.56. The molecule has 0 aliphatic rings. The normalized spacial score (nSPS) is 3.75. The molecule has 0 fully saturated rings. The molecule has 0 unspecified atom stereocenters. The van der Waals surface area contributed by atoms with Crippen molar-refractivity contribution in [1.29, 1.82) is 0 Å². The van der Waals surface area contributed by atoms with Crippen LogP contribution >= 0.6 is 0 Å². The molecule has 0 aromatic carbocycles. The first-order valence-corrected chi connectivity index (χ1v) is 0.940. The Labute approximate surface area is 45.9 Å². The SMILES string of the molecule is N.N.O=C(O)O.[NH3+][O-]. The lowest BCUT2D eigenvalue weighted by Crippen LogP contribution is -2.37. The van der Waals surface area contributed by atoms with Crippen molar-refractivity contribution in [2.24, 2.45) is 0 Å². The molecule has 0 aromatic heterocycles. The first-order valence-electron chi connectivity index (χ1n) is 0.940. The summed E-state index contributed by atoms with van der Waals surface area (Å²) in [6.07, 6.45) is -1.83. The van der Waals surface area contributed by atoms with E-state index in [0.29, 0.717) is 0 Å². The summed E-state index contributed by atoms with van der Waals surface area (Å²) in [6.45, 7) is 0. The molecule has 0 heterocycles. The molecular formula is CH11N3O4. The third-order valence-electron chi connectivity index (χ3n) is 0. The van der Waals surface area contributed by atoms with Crippen molar-refractivity contribution in [2.75, 3.05) is 0 Å². The van der Waals surface area contributed by atoms with Crippen LogP contribution in [0.4, 0.5) is 4.79 Å². The van der Waals surface area contributed by atoms with Crippen LogP contribution < -0.4 is 18.2 Å². The van der Waals surface area contributed by atoms with Crippen LogP contribution in [0.2, 0.25) is 0 Å². The maximum Gasteiger partial charge on any atom is 0.503 e. The number of carbonyl (C=O) groups is 1. The lowest BCUT2D eigenvalue weighted by Gasteiger charge is -1.60. The molecule has 0 radical (unpaired) electrons. The average Bonchev–Trinajstić information content (AvgIpc) is 1.41. The molecular weight excluding hydrogens is 118 g/mol. The van der Waals surface area contributed by atoms with Gasteiger partial charge in [-0.15, -0.1) is 0 Å². The van der Waals surface area contributed by atoms with Crippen molar-refractivity contribution >= 4 is 6.16 Å². The first-order chi connectivity index (χ1) is 2.73. The monoisotopic (exact) mass is 129 g/mol. The molecule has 0 atom stereocenters. The van der Waals surface area contributed by atoms with E-state index in [4.69, 9.17) is 20.2 Å². The van der Waals surface area contributed by atoms with E-state index >= 15 is 0 Å². The zero-order valence-electron chi connectivity index (χ0n) is 4.33. The molecule has 0 amide bonds. The van der Waals surface area contributed by atoms with Crippen molar-refractivity contribution in [2.45, 2.75) is 0 Å². The highest BCUT2D eigenvalue weighted by Crippen LogP contribution is 1.42. The van der Waals surface area contributed by atoms with Gasteiger partial charge in [0.05, 0.1) is 0 Å². The Morgan fingerprint density at radius 2 is 1.25 bits per heavy atom. The molecule has 0 bridgehead atoms. The van der Waals surface area contributed by atoms with Crippen LogP contribution in [0.25, 0.3) is 0 Å². The summed E-state index contributed by atoms with van der Waals surface area (Å²) >= 11 is 0. The topological polar surface area (TPSA) is 178 Å². The zero-order chi connectivity index (χ0) is 5.58. The second-order valence-corrected chi connectivity index (χ2v) is 0.283. The smallest absolute Gasteiger partial charge is 0.503 e. The maximum absolute atomic E-state index is 8.56. The minimum atomic E-state index is -1.83. The van der Waals surface area contributed by atoms with Gasteiger partial charge in [-0.1, -0.05) is 0 Å². The molecule has 0 rings (SSSR count). The van der Waals surface area contributed by atoms with Crippen LogP contribution in [0.3, 0.4) is 0 Å². The molecule has 8 heavy (non-hydrogen) atoms. The van der Waals surface area contributed by atoms with Gasteiger partial charge in [0.15, 0.2) is 0 Å². The molecule has 0 saturated heterocycles. The van der Waals surface area contributed by atoms with Gasteiger partial charge in [-0.2, -0.15) is 0 Å². The van der Waals surface area contributed by atoms with Crippen molar-refractivity contribution in [3.63, 3.8) is 0 Å². The summed E-state index contributed by atoms with van der Waals surface area (Å²) in [4.78, 5) is 8.56. The second-order valence-electron chi connectivity index (χ2n) is 0.283. The Morgan fingerprint density at radius 1 is 1.25 bits per heavy atom. The van der Waals surface area contributed by atoms with Gasteiger partial charge in [0.25, 0.3) is 0 Å². The fourth-order valence-electron chi connectivity index (χ4n) is 0. The van der Waals surface area contributed by atoms with Crippen molar-refractivity contribution in [3.8, 4) is 0 Å². The minimum absolute atomic E-state index is 0. The quantitative estimate of drug-likeness (QED) is 0.269. The highest BCUT2D eigenvalue weighted by atomic mass is 16.6. The van der Waals surface area contributed by atoms with Crippen LogP contribution in [0.5, 0.6) is 0 Å². The predicted molar refractivity (Wildman–Crippen MR) is 27.0 cm³/mol. The van der Waals surface area contributed by atoms with Crippen LogP contribution in [0.15, 0.2) is 0 Å². The van der Waals surface area contributed by atoms with Crippen LogP contribution in [0.1, 0.15) is 0 Å². The molecule has 0 saturated carbocycles. The van der Waals surface area contributed by atoms with Gasteiger partial charge in [-0.05, 0) is 0 Å². The summed E-state index contributed by atoms with van der Waals surface area (Å²) in [5, 5.41) is 21.9. The first kappa shape index (κ1) is 27.4. The van der Waals surface area contributed by atoms with Gasteiger partial charge in [0, 0.05) is 0 Å². The van der Waals surface area contributed by atoms with Crippen molar-refractivity contribution < 1.29 is 20.9 Å². The van der Waals surface area contributed by atoms with Gasteiger partial charge >= 0.3 is 6.16 Å². The molecule has 0 spiro atoms. The molecule has 7 heteroatoms. The molecule has 0 aliphatic carbocycles. The zero-order valence-corrected chi connectivity index (χ0v) is 4.33. The van der Waals surface area contributed by atoms with E-state index < -0.39 is 6.16 Å². The summed E-state index contributed by atoms with van der Waals surface area (Å²) in [5.74, 6) is 2.00. The van der Waals surface area contributed by atoms with E-state index in [1.165, 1.54) is 0 Å². The summed E-state index contributed by atoms with van der Waals surface area (Å²) in [7, 11) is 0. The molecule has 0 aliphatic heterocycles. The minimum Gasteiger partial charge on any atom is -0.637 e. The van der Waals surface area contributed by atoms with E-state index in [2.05, 4.69) is 0 Å². The van der Waals surface area contributed by atoms with E-state index in [-0.39, 0.29) is 12.3 Å². The third-order valence-corrected chi connectivity index (χ3v) is 0. The fourth-order valence-corrected chi connectivity index (χ4v) is 0. The van der Waals surface area contributed by atoms with Gasteiger partial charge in [0.1, 0.15) is 0 Å². The number of hydrogen-bond donors (Lipinski definition) is 5. The van der Waals surface area contributed by atoms with Crippen molar-refractivity contribution in [3.05, 3.63) is 5.21 Å². The molecule has 54 valence electrons. The number of carboxylic acid groups (broad SMARTS) is 2. The number of rotatable bonds is 0. The molecule has 0 aromatic rings. The lowest BCUT2D eigenvalue weighted by molar-refractivity contribution is -0.275. The molecule has 7 nitrogen and oxygen atoms in total. The molecule has 11 N–H and O–H groups in total. The van der Waals surface area contributed by atoms with E-state index in [0.717, 1.165) is 0 Å². The Kier molecular flexibility index (Phi) is 123. The summed E-state index contributed by atoms with van der Waals surface area (Å²) < 4.78 is 0. The average molecular weight is 129 g/mol. The highest BCUT2D eigenvalue weighted by molar-refractivity contribution is 5.53. The van der Waals surface area contributed by atoms with Gasteiger partial charge < -0.3 is 33.6 Å². The number of hydrogen-bond acceptors (Lipinski definition) is 4. The van der Waals surface area contributed by atoms with Gasteiger partial charge in [-0.3, -0.25) is 0 Å². The lowest BCUT2D eigenvalue weighted by atomic mass is 11.5. The fraction of sp³-hybridized carbons (Fsp3) is 0. The van der Waals surface area contributed by atoms with E-state index in [9.17, 15) is 0 Å². The standard InChI is InChI=1S/CH2O3.H3NO.2H3N/c2-1(3)4;1-2;;/h(H2,2,3,4);1H3;2*1H3. The van der Waals surface area contributed by atoms with E-state index in [1.807, 2.05) is 5.90 Å². The van der Waals surface area contributed by atoms with E-state index in [1.54, 1.807) is 0 Å². The highest BCUT2D eigenvalue weighted by Gasteiger charge is 1.70. The Hall–Kier alpha value is -0.890. The third kappa shape index (κ3) is 109.